The molecule has 1 atom stereocenters. The first-order valence-corrected chi connectivity index (χ1v) is 7.39. The van der Waals surface area contributed by atoms with E-state index in [1.54, 1.807) is 0 Å². The molecule has 0 unspecified atom stereocenters. The van der Waals surface area contributed by atoms with Gasteiger partial charge in [-0.2, -0.15) is 0 Å². The summed E-state index contributed by atoms with van der Waals surface area (Å²) in [6, 6.07) is 5.70. The van der Waals surface area contributed by atoms with Crippen molar-refractivity contribution in [2.45, 2.75) is 58.3 Å². The van der Waals surface area contributed by atoms with Gasteiger partial charge in [0.2, 0.25) is 0 Å². The summed E-state index contributed by atoms with van der Waals surface area (Å²) in [6.07, 6.45) is 0.646. The summed E-state index contributed by atoms with van der Waals surface area (Å²) in [5.41, 5.74) is 1.88. The van der Waals surface area contributed by atoms with Gasteiger partial charge >= 0.3 is 13.1 Å². The summed E-state index contributed by atoms with van der Waals surface area (Å²) in [5.74, 6) is -0.246. The zero-order valence-corrected chi connectivity index (χ0v) is 13.2. The summed E-state index contributed by atoms with van der Waals surface area (Å²) in [6.45, 7) is 10.0. The zero-order chi connectivity index (χ0) is 15.4. The molecule has 0 radical (unpaired) electrons. The SMILES string of the molecule is C[C@H]1Cc2cc(B3OC(C)(C)C(C)(C)O3)ccc2C(=O)O1. The van der Waals surface area contributed by atoms with Crippen LogP contribution in [0.2, 0.25) is 0 Å². The lowest BCUT2D eigenvalue weighted by Crippen LogP contribution is -2.41. The van der Waals surface area contributed by atoms with Crippen LogP contribution in [0.4, 0.5) is 0 Å². The summed E-state index contributed by atoms with van der Waals surface area (Å²) in [5, 5.41) is 0. The molecule has 0 N–H and O–H groups in total. The lowest BCUT2D eigenvalue weighted by molar-refractivity contribution is 0.00578. The van der Waals surface area contributed by atoms with Crippen LogP contribution in [0.15, 0.2) is 18.2 Å². The fraction of sp³-hybridized carbons (Fsp3) is 0.562. The molecule has 2 aliphatic rings. The quantitative estimate of drug-likeness (QED) is 0.586. The van der Waals surface area contributed by atoms with Crippen molar-refractivity contribution in [3.05, 3.63) is 29.3 Å². The first-order chi connectivity index (χ1) is 9.69. The van der Waals surface area contributed by atoms with Crippen LogP contribution in [0.5, 0.6) is 0 Å². The highest BCUT2D eigenvalue weighted by atomic mass is 16.7. The minimum absolute atomic E-state index is 0.0847. The normalized spacial score (nSPS) is 26.4. The molecule has 1 aromatic rings. The zero-order valence-electron chi connectivity index (χ0n) is 13.2. The van der Waals surface area contributed by atoms with Gasteiger partial charge in [-0.3, -0.25) is 0 Å². The van der Waals surface area contributed by atoms with Crippen LogP contribution in [0.3, 0.4) is 0 Å². The summed E-state index contributed by atoms with van der Waals surface area (Å²) < 4.78 is 17.4. The van der Waals surface area contributed by atoms with Gasteiger partial charge in [-0.25, -0.2) is 4.79 Å². The molecule has 3 rings (SSSR count). The number of cyclic esters (lactones) is 1. The monoisotopic (exact) mass is 288 g/mol. The Kier molecular flexibility index (Phi) is 3.19. The number of carbonyl (C=O) groups excluding carboxylic acids is 1. The van der Waals surface area contributed by atoms with Crippen LogP contribution >= 0.6 is 0 Å². The molecule has 0 amide bonds. The second kappa shape index (κ2) is 4.58. The molecular formula is C16H21BO4. The molecule has 1 saturated heterocycles. The van der Waals surface area contributed by atoms with Crippen LogP contribution in [0.25, 0.3) is 0 Å². The highest BCUT2D eigenvalue weighted by Gasteiger charge is 2.51. The Bertz CT molecular complexity index is 578. The predicted molar refractivity (Wildman–Crippen MR) is 80.7 cm³/mol. The predicted octanol–water partition coefficient (Wildman–Crippen LogP) is 2.09. The third kappa shape index (κ3) is 2.38. The Morgan fingerprint density at radius 2 is 1.76 bits per heavy atom. The number of hydrogen-bond donors (Lipinski definition) is 0. The second-order valence-electron chi connectivity index (χ2n) is 6.92. The Morgan fingerprint density at radius 1 is 1.14 bits per heavy atom. The molecule has 0 spiro atoms. The van der Waals surface area contributed by atoms with Crippen molar-refractivity contribution in [3.63, 3.8) is 0 Å². The summed E-state index contributed by atoms with van der Waals surface area (Å²) in [7, 11) is -0.395. The molecule has 1 aromatic carbocycles. The molecule has 0 saturated carbocycles. The molecule has 1 fully saturated rings. The number of ether oxygens (including phenoxy) is 1. The maximum atomic E-state index is 11.8. The fourth-order valence-corrected chi connectivity index (χ4v) is 2.70. The topological polar surface area (TPSA) is 44.8 Å². The first kappa shape index (κ1) is 14.6. The fourth-order valence-electron chi connectivity index (χ4n) is 2.70. The molecule has 0 aliphatic carbocycles. The standard InChI is InChI=1S/C16H21BO4/c1-10-8-11-9-12(6-7-13(11)14(18)19-10)17-20-15(2,3)16(4,5)21-17/h6-7,9-10H,8H2,1-5H3/t10-/m0/s1. The number of hydrogen-bond acceptors (Lipinski definition) is 4. The number of carbonyl (C=O) groups is 1. The van der Waals surface area contributed by atoms with E-state index < -0.39 is 7.12 Å². The largest absolute Gasteiger partial charge is 0.494 e. The molecule has 0 bridgehead atoms. The van der Waals surface area contributed by atoms with Gasteiger partial charge in [-0.1, -0.05) is 12.1 Å². The van der Waals surface area contributed by atoms with Gasteiger partial charge in [0.25, 0.3) is 0 Å². The van der Waals surface area contributed by atoms with E-state index in [1.807, 2.05) is 52.8 Å². The van der Waals surface area contributed by atoms with Crippen LogP contribution in [0.1, 0.15) is 50.5 Å². The third-order valence-corrected chi connectivity index (χ3v) is 4.69. The van der Waals surface area contributed by atoms with E-state index in [1.165, 1.54) is 0 Å². The van der Waals surface area contributed by atoms with Crippen molar-refractivity contribution in [2.75, 3.05) is 0 Å². The average Bonchev–Trinajstić information content (AvgIpc) is 2.57. The Labute approximate surface area is 125 Å². The maximum Gasteiger partial charge on any atom is 0.494 e. The van der Waals surface area contributed by atoms with Crippen LogP contribution in [0, 0.1) is 0 Å². The minimum Gasteiger partial charge on any atom is -0.459 e. The van der Waals surface area contributed by atoms with Crippen molar-refractivity contribution >= 4 is 18.6 Å². The third-order valence-electron chi connectivity index (χ3n) is 4.69. The molecule has 0 aromatic heterocycles. The van der Waals surface area contributed by atoms with E-state index in [9.17, 15) is 4.79 Å². The van der Waals surface area contributed by atoms with E-state index in [-0.39, 0.29) is 23.3 Å². The van der Waals surface area contributed by atoms with Gasteiger partial charge in [-0.15, -0.1) is 0 Å². The highest BCUT2D eigenvalue weighted by Crippen LogP contribution is 2.36. The van der Waals surface area contributed by atoms with Gasteiger partial charge in [0.05, 0.1) is 16.8 Å². The molecule has 4 nitrogen and oxygen atoms in total. The molecule has 112 valence electrons. The van der Waals surface area contributed by atoms with E-state index in [4.69, 9.17) is 14.0 Å². The number of benzene rings is 1. The Morgan fingerprint density at radius 3 is 2.38 bits per heavy atom. The van der Waals surface area contributed by atoms with Gasteiger partial charge in [0.1, 0.15) is 6.10 Å². The van der Waals surface area contributed by atoms with E-state index in [2.05, 4.69) is 0 Å². The number of fused-ring (bicyclic) bond motifs is 1. The van der Waals surface area contributed by atoms with Crippen LogP contribution in [-0.2, 0) is 20.5 Å². The van der Waals surface area contributed by atoms with Gasteiger partial charge in [0.15, 0.2) is 0 Å². The van der Waals surface area contributed by atoms with Gasteiger partial charge in [0, 0.05) is 6.42 Å². The lowest BCUT2D eigenvalue weighted by atomic mass is 9.77. The van der Waals surface area contributed by atoms with E-state index in [0.717, 1.165) is 17.4 Å². The van der Waals surface area contributed by atoms with Crippen LogP contribution in [-0.4, -0.2) is 30.4 Å². The van der Waals surface area contributed by atoms with Crippen LogP contribution < -0.4 is 5.46 Å². The molecule has 21 heavy (non-hydrogen) atoms. The Balaban J connectivity index is 1.92. The smallest absolute Gasteiger partial charge is 0.459 e. The van der Waals surface area contributed by atoms with Crippen molar-refractivity contribution in [3.8, 4) is 0 Å². The molecule has 2 heterocycles. The average molecular weight is 288 g/mol. The highest BCUT2D eigenvalue weighted by molar-refractivity contribution is 6.62. The molecule has 5 heteroatoms. The lowest BCUT2D eigenvalue weighted by Gasteiger charge is -2.32. The maximum absolute atomic E-state index is 11.8. The molecular weight excluding hydrogens is 267 g/mol. The second-order valence-corrected chi connectivity index (χ2v) is 6.92. The first-order valence-electron chi connectivity index (χ1n) is 7.39. The number of rotatable bonds is 1. The van der Waals surface area contributed by atoms with E-state index >= 15 is 0 Å². The number of esters is 1. The minimum atomic E-state index is -0.395. The van der Waals surface area contributed by atoms with Gasteiger partial charge in [-0.05, 0) is 51.7 Å². The summed E-state index contributed by atoms with van der Waals surface area (Å²) in [4.78, 5) is 11.8. The summed E-state index contributed by atoms with van der Waals surface area (Å²) >= 11 is 0. The van der Waals surface area contributed by atoms with Crippen molar-refractivity contribution in [1.29, 1.82) is 0 Å². The van der Waals surface area contributed by atoms with E-state index in [0.29, 0.717) is 5.56 Å². The van der Waals surface area contributed by atoms with Gasteiger partial charge < -0.3 is 14.0 Å². The van der Waals surface area contributed by atoms with Crippen molar-refractivity contribution in [2.24, 2.45) is 0 Å². The molecule has 2 aliphatic heterocycles. The van der Waals surface area contributed by atoms with Crippen molar-refractivity contribution < 1.29 is 18.8 Å². The Hall–Kier alpha value is -1.33. The van der Waals surface area contributed by atoms with Crippen molar-refractivity contribution in [1.82, 2.24) is 0 Å².